The van der Waals surface area contributed by atoms with Gasteiger partial charge in [0.05, 0.1) is 4.92 Å². The highest BCUT2D eigenvalue weighted by atomic mass is 35.5. The number of benzene rings is 1. The molecule has 0 aliphatic carbocycles. The van der Waals surface area contributed by atoms with E-state index < -0.39 is 4.92 Å². The lowest BCUT2D eigenvalue weighted by atomic mass is 10.2. The largest absolute Gasteiger partial charge is 0.354 e. The predicted molar refractivity (Wildman–Crippen MR) is 116 cm³/mol. The van der Waals surface area contributed by atoms with Gasteiger partial charge in [0, 0.05) is 49.6 Å². The van der Waals surface area contributed by atoms with Crippen molar-refractivity contribution in [2.75, 3.05) is 23.3 Å². The first-order chi connectivity index (χ1) is 14.4. The van der Waals surface area contributed by atoms with E-state index in [4.69, 9.17) is 11.6 Å². The van der Waals surface area contributed by atoms with Crippen molar-refractivity contribution < 1.29 is 9.72 Å². The SMILES string of the molecule is CCCCc1cc(N2CC[C@H](NC(C)=O)C2)nc(Nc2ccc(Cl)c([N+](=O)[O-])c2)n1. The van der Waals surface area contributed by atoms with Gasteiger partial charge in [-0.15, -0.1) is 0 Å². The second-order valence-electron chi connectivity index (χ2n) is 7.33. The van der Waals surface area contributed by atoms with Gasteiger partial charge in [-0.1, -0.05) is 24.9 Å². The van der Waals surface area contributed by atoms with Crippen LogP contribution < -0.4 is 15.5 Å². The van der Waals surface area contributed by atoms with Gasteiger partial charge in [0.15, 0.2) is 0 Å². The molecule has 3 rings (SSSR count). The molecule has 0 spiro atoms. The molecule has 10 heteroatoms. The Bertz CT molecular complexity index is 939. The molecule has 1 aliphatic rings. The number of nitro benzene ring substituents is 1. The summed E-state index contributed by atoms with van der Waals surface area (Å²) in [6.45, 7) is 5.09. The summed E-state index contributed by atoms with van der Waals surface area (Å²) < 4.78 is 0. The van der Waals surface area contributed by atoms with Crippen molar-refractivity contribution >= 4 is 40.6 Å². The predicted octanol–water partition coefficient (Wildman–Crippen LogP) is 3.84. The highest BCUT2D eigenvalue weighted by molar-refractivity contribution is 6.32. The van der Waals surface area contributed by atoms with Gasteiger partial charge in [0.2, 0.25) is 11.9 Å². The third kappa shape index (κ3) is 5.56. The van der Waals surface area contributed by atoms with Gasteiger partial charge in [-0.2, -0.15) is 4.98 Å². The molecule has 160 valence electrons. The van der Waals surface area contributed by atoms with Crippen LogP contribution in [0.5, 0.6) is 0 Å². The van der Waals surface area contributed by atoms with Crippen molar-refractivity contribution in [3.05, 3.63) is 45.1 Å². The molecular weight excluding hydrogens is 408 g/mol. The Labute approximate surface area is 180 Å². The van der Waals surface area contributed by atoms with Crippen LogP contribution in [0.2, 0.25) is 5.02 Å². The molecule has 1 amide bonds. The van der Waals surface area contributed by atoms with Crippen LogP contribution in [0.25, 0.3) is 0 Å². The number of nitro groups is 1. The van der Waals surface area contributed by atoms with Crippen LogP contribution in [0.15, 0.2) is 24.3 Å². The quantitative estimate of drug-likeness (QED) is 0.481. The lowest BCUT2D eigenvalue weighted by Crippen LogP contribution is -2.35. The molecule has 1 atom stereocenters. The van der Waals surface area contributed by atoms with Crippen molar-refractivity contribution in [1.82, 2.24) is 15.3 Å². The summed E-state index contributed by atoms with van der Waals surface area (Å²) in [6, 6.07) is 6.56. The molecule has 2 aromatic rings. The third-order valence-corrected chi connectivity index (χ3v) is 5.19. The van der Waals surface area contributed by atoms with Crippen LogP contribution in [0.4, 0.5) is 23.1 Å². The zero-order chi connectivity index (χ0) is 21.7. The van der Waals surface area contributed by atoms with E-state index in [2.05, 4.69) is 32.4 Å². The molecule has 2 heterocycles. The normalized spacial score (nSPS) is 15.8. The third-order valence-electron chi connectivity index (χ3n) is 4.87. The molecule has 1 aromatic carbocycles. The Morgan fingerprint density at radius 3 is 2.87 bits per heavy atom. The Kier molecular flexibility index (Phi) is 7.04. The Morgan fingerprint density at radius 2 is 2.17 bits per heavy atom. The number of hydrogen-bond donors (Lipinski definition) is 2. The number of carbonyl (C=O) groups excluding carboxylic acids is 1. The summed E-state index contributed by atoms with van der Waals surface area (Å²) in [5.41, 5.74) is 1.21. The number of aromatic nitrogens is 2. The molecule has 0 radical (unpaired) electrons. The first-order valence-electron chi connectivity index (χ1n) is 9.96. The van der Waals surface area contributed by atoms with Crippen LogP contribution in [0, 0.1) is 10.1 Å². The van der Waals surface area contributed by atoms with E-state index in [0.29, 0.717) is 18.2 Å². The Morgan fingerprint density at radius 1 is 1.37 bits per heavy atom. The van der Waals surface area contributed by atoms with E-state index in [1.165, 1.54) is 19.1 Å². The van der Waals surface area contributed by atoms with Gasteiger partial charge >= 0.3 is 0 Å². The maximum Gasteiger partial charge on any atom is 0.289 e. The monoisotopic (exact) mass is 432 g/mol. The minimum atomic E-state index is -0.524. The molecule has 9 nitrogen and oxygen atoms in total. The van der Waals surface area contributed by atoms with Crippen LogP contribution in [-0.2, 0) is 11.2 Å². The minimum absolute atomic E-state index is 0.0418. The van der Waals surface area contributed by atoms with Crippen molar-refractivity contribution in [3.63, 3.8) is 0 Å². The van der Waals surface area contributed by atoms with Crippen LogP contribution in [-0.4, -0.2) is 39.9 Å². The summed E-state index contributed by atoms with van der Waals surface area (Å²) in [4.78, 5) is 33.3. The van der Waals surface area contributed by atoms with E-state index in [1.807, 2.05) is 6.07 Å². The zero-order valence-electron chi connectivity index (χ0n) is 17.0. The number of nitrogens with zero attached hydrogens (tertiary/aromatic N) is 4. The number of rotatable bonds is 8. The molecule has 0 unspecified atom stereocenters. The van der Waals surface area contributed by atoms with E-state index in [-0.39, 0.29) is 22.7 Å². The molecule has 0 bridgehead atoms. The fraction of sp³-hybridized carbons (Fsp3) is 0.450. The van der Waals surface area contributed by atoms with E-state index in [9.17, 15) is 14.9 Å². The second kappa shape index (κ2) is 9.71. The molecule has 0 saturated carbocycles. The molecule has 30 heavy (non-hydrogen) atoms. The van der Waals surface area contributed by atoms with Crippen molar-refractivity contribution in [2.45, 2.75) is 45.6 Å². The molecular formula is C20H25ClN6O3. The van der Waals surface area contributed by atoms with E-state index in [1.54, 1.807) is 6.07 Å². The van der Waals surface area contributed by atoms with Gasteiger partial charge in [-0.05, 0) is 31.4 Å². The van der Waals surface area contributed by atoms with Gasteiger partial charge in [0.25, 0.3) is 5.69 Å². The molecule has 2 N–H and O–H groups in total. The number of nitrogens with one attached hydrogen (secondary N) is 2. The fourth-order valence-corrected chi connectivity index (χ4v) is 3.61. The Hall–Kier alpha value is -2.94. The lowest BCUT2D eigenvalue weighted by molar-refractivity contribution is -0.384. The highest BCUT2D eigenvalue weighted by Crippen LogP contribution is 2.29. The van der Waals surface area contributed by atoms with Gasteiger partial charge in [0.1, 0.15) is 10.8 Å². The molecule has 1 aliphatic heterocycles. The van der Waals surface area contributed by atoms with E-state index in [0.717, 1.165) is 43.7 Å². The van der Waals surface area contributed by atoms with Crippen LogP contribution in [0.3, 0.4) is 0 Å². The number of hydrogen-bond acceptors (Lipinski definition) is 7. The minimum Gasteiger partial charge on any atom is -0.354 e. The topological polar surface area (TPSA) is 113 Å². The zero-order valence-corrected chi connectivity index (χ0v) is 17.8. The van der Waals surface area contributed by atoms with E-state index >= 15 is 0 Å². The highest BCUT2D eigenvalue weighted by Gasteiger charge is 2.25. The van der Waals surface area contributed by atoms with Crippen LogP contribution >= 0.6 is 11.6 Å². The number of unbranched alkanes of at least 4 members (excludes halogenated alkanes) is 1. The first kappa shape index (κ1) is 21.8. The summed E-state index contributed by atoms with van der Waals surface area (Å²) in [5.74, 6) is 1.10. The van der Waals surface area contributed by atoms with Crippen molar-refractivity contribution in [2.24, 2.45) is 0 Å². The summed E-state index contributed by atoms with van der Waals surface area (Å²) in [6.07, 6.45) is 3.70. The maximum atomic E-state index is 11.3. The second-order valence-corrected chi connectivity index (χ2v) is 7.73. The van der Waals surface area contributed by atoms with Crippen LogP contribution in [0.1, 0.15) is 38.8 Å². The molecule has 1 aromatic heterocycles. The summed E-state index contributed by atoms with van der Waals surface area (Å²) in [7, 11) is 0. The van der Waals surface area contributed by atoms with Crippen molar-refractivity contribution in [1.29, 1.82) is 0 Å². The number of halogens is 1. The number of anilines is 3. The molecule has 1 saturated heterocycles. The first-order valence-corrected chi connectivity index (χ1v) is 10.3. The fourth-order valence-electron chi connectivity index (χ4n) is 3.42. The lowest BCUT2D eigenvalue weighted by Gasteiger charge is -2.19. The average molecular weight is 433 g/mol. The van der Waals surface area contributed by atoms with Gasteiger partial charge in [-0.3, -0.25) is 14.9 Å². The Balaban J connectivity index is 1.85. The number of aryl methyl sites for hydroxylation is 1. The summed E-state index contributed by atoms with van der Waals surface area (Å²) >= 11 is 5.90. The standard InChI is InChI=1S/C20H25ClN6O3/c1-3-4-5-14-11-19(26-9-8-16(12-26)22-13(2)28)25-20(23-14)24-15-6-7-17(21)18(10-15)27(29)30/h6-7,10-11,16H,3-5,8-9,12H2,1-2H3,(H,22,28)(H,23,24,25)/t16-/m0/s1. The number of amides is 1. The number of carbonyl (C=O) groups is 1. The van der Waals surface area contributed by atoms with Gasteiger partial charge in [-0.25, -0.2) is 4.98 Å². The van der Waals surface area contributed by atoms with Crippen molar-refractivity contribution in [3.8, 4) is 0 Å². The molecule has 1 fully saturated rings. The smallest absolute Gasteiger partial charge is 0.289 e. The summed E-state index contributed by atoms with van der Waals surface area (Å²) in [5, 5.41) is 17.3. The maximum absolute atomic E-state index is 11.3. The average Bonchev–Trinajstić information content (AvgIpc) is 3.15. The van der Waals surface area contributed by atoms with Gasteiger partial charge < -0.3 is 15.5 Å².